The molecule has 0 radical (unpaired) electrons. The van der Waals surface area contributed by atoms with Crippen LogP contribution in [-0.4, -0.2) is 43.0 Å². The van der Waals surface area contributed by atoms with E-state index in [2.05, 4.69) is 0 Å². The van der Waals surface area contributed by atoms with Crippen LogP contribution in [0.25, 0.3) is 10.1 Å². The fourth-order valence-corrected chi connectivity index (χ4v) is 7.64. The second-order valence-corrected chi connectivity index (χ2v) is 12.0. The minimum atomic E-state index is -3.73. The van der Waals surface area contributed by atoms with E-state index in [1.165, 1.54) is 15.6 Å². The van der Waals surface area contributed by atoms with Gasteiger partial charge in [0.15, 0.2) is 0 Å². The third-order valence-electron chi connectivity index (χ3n) is 5.75. The second kappa shape index (κ2) is 11.1. The van der Waals surface area contributed by atoms with Crippen LogP contribution >= 0.6 is 22.9 Å². The first-order chi connectivity index (χ1) is 16.0. The van der Waals surface area contributed by atoms with Gasteiger partial charge in [0.05, 0.1) is 6.04 Å². The summed E-state index contributed by atoms with van der Waals surface area (Å²) in [5.41, 5.74) is 2.62. The maximum Gasteiger partial charge on any atom is 0.303 e. The molecule has 1 heterocycles. The first-order valence-corrected chi connectivity index (χ1v) is 13.8. The number of halogens is 1. The Labute approximate surface area is 210 Å². The highest BCUT2D eigenvalue weighted by atomic mass is 35.5. The molecule has 6 nitrogen and oxygen atoms in total. The minimum Gasteiger partial charge on any atom is -0.492 e. The molecule has 3 aromatic rings. The molecule has 2 aromatic carbocycles. The van der Waals surface area contributed by atoms with Gasteiger partial charge in [-0.05, 0) is 86.0 Å². The van der Waals surface area contributed by atoms with Gasteiger partial charge in [-0.2, -0.15) is 4.31 Å². The van der Waals surface area contributed by atoms with E-state index < -0.39 is 16.0 Å². The lowest BCUT2D eigenvalue weighted by atomic mass is 10.0. The van der Waals surface area contributed by atoms with Gasteiger partial charge in [-0.15, -0.1) is 11.3 Å². The molecule has 1 N–H and O–H groups in total. The molecule has 0 fully saturated rings. The molecule has 0 spiro atoms. The predicted molar refractivity (Wildman–Crippen MR) is 138 cm³/mol. The van der Waals surface area contributed by atoms with Crippen LogP contribution in [0.5, 0.6) is 5.75 Å². The third-order valence-corrected chi connectivity index (χ3v) is 9.87. The Balaban J connectivity index is 1.79. The number of thiophene rings is 1. The Hall–Kier alpha value is -2.13. The molecule has 0 saturated heterocycles. The van der Waals surface area contributed by atoms with E-state index in [1.807, 2.05) is 45.9 Å². The Kier molecular flexibility index (Phi) is 8.62. The molecule has 34 heavy (non-hydrogen) atoms. The summed E-state index contributed by atoms with van der Waals surface area (Å²) in [4.78, 5) is 10.8. The van der Waals surface area contributed by atoms with Crippen molar-refractivity contribution in [3.05, 3.63) is 58.1 Å². The molecule has 0 saturated carbocycles. The summed E-state index contributed by atoms with van der Waals surface area (Å²) in [6.07, 6.45) is 1.21. The lowest BCUT2D eigenvalue weighted by Crippen LogP contribution is -2.42. The average molecular weight is 524 g/mol. The number of aliphatic carboxylic acids is 1. The number of sulfonamides is 1. The number of aryl methyl sites for hydroxylation is 3. The van der Waals surface area contributed by atoms with Crippen molar-refractivity contribution in [3.63, 3.8) is 0 Å². The van der Waals surface area contributed by atoms with Gasteiger partial charge in [-0.1, -0.05) is 24.6 Å². The van der Waals surface area contributed by atoms with Crippen molar-refractivity contribution >= 4 is 49.0 Å². The number of hydrogen-bond acceptors (Lipinski definition) is 5. The fraction of sp³-hybridized carbons (Fsp3) is 0.400. The normalized spacial score (nSPS) is 12.9. The molecule has 1 unspecified atom stereocenters. The average Bonchev–Trinajstić information content (AvgIpc) is 3.11. The van der Waals surface area contributed by atoms with E-state index in [4.69, 9.17) is 21.4 Å². The topological polar surface area (TPSA) is 83.9 Å². The zero-order chi connectivity index (χ0) is 25.0. The van der Waals surface area contributed by atoms with E-state index in [-0.39, 0.29) is 19.1 Å². The van der Waals surface area contributed by atoms with Crippen molar-refractivity contribution in [1.82, 2.24) is 4.31 Å². The SMILES string of the molecule is CCCN(C(C)COc1ccc(CCC(=O)O)c(C)c1)S(=O)(=O)c1sc2ccc(Cl)cc2c1C. The molecule has 3 rings (SSSR count). The maximum absolute atomic E-state index is 13.7. The number of nitrogens with zero attached hydrogens (tertiary/aromatic N) is 1. The molecule has 0 aliphatic rings. The fourth-order valence-electron chi connectivity index (χ4n) is 3.90. The maximum atomic E-state index is 13.7. The van der Waals surface area contributed by atoms with Crippen LogP contribution in [0.4, 0.5) is 0 Å². The Bertz CT molecular complexity index is 1290. The molecule has 1 atom stereocenters. The first kappa shape index (κ1) is 26.5. The van der Waals surface area contributed by atoms with Crippen molar-refractivity contribution < 1.29 is 23.1 Å². The highest BCUT2D eigenvalue weighted by Crippen LogP contribution is 2.37. The van der Waals surface area contributed by atoms with Gasteiger partial charge in [-0.25, -0.2) is 8.42 Å². The summed E-state index contributed by atoms with van der Waals surface area (Å²) in [7, 11) is -3.73. The van der Waals surface area contributed by atoms with Crippen LogP contribution in [-0.2, 0) is 21.2 Å². The number of rotatable bonds is 11. The zero-order valence-electron chi connectivity index (χ0n) is 19.8. The number of carboxylic acids is 1. The van der Waals surface area contributed by atoms with Crippen molar-refractivity contribution in [3.8, 4) is 5.75 Å². The van der Waals surface area contributed by atoms with Crippen molar-refractivity contribution in [2.75, 3.05) is 13.2 Å². The molecule has 0 bridgehead atoms. The smallest absolute Gasteiger partial charge is 0.303 e. The number of ether oxygens (including phenoxy) is 1. The second-order valence-electron chi connectivity index (χ2n) is 8.41. The molecule has 0 aliphatic carbocycles. The molecule has 9 heteroatoms. The summed E-state index contributed by atoms with van der Waals surface area (Å²) in [6.45, 7) is 8.12. The van der Waals surface area contributed by atoms with Gasteiger partial charge in [0.1, 0.15) is 16.6 Å². The Morgan fingerprint density at radius 1 is 1.21 bits per heavy atom. The lowest BCUT2D eigenvalue weighted by molar-refractivity contribution is -0.136. The van der Waals surface area contributed by atoms with Gasteiger partial charge >= 0.3 is 5.97 Å². The van der Waals surface area contributed by atoms with Gasteiger partial charge in [0.25, 0.3) is 10.0 Å². The highest BCUT2D eigenvalue weighted by Gasteiger charge is 2.32. The molecule has 0 amide bonds. The molecule has 0 aliphatic heterocycles. The largest absolute Gasteiger partial charge is 0.492 e. The lowest BCUT2D eigenvalue weighted by Gasteiger charge is -2.28. The number of hydrogen-bond donors (Lipinski definition) is 1. The van der Waals surface area contributed by atoms with Crippen LogP contribution in [0.15, 0.2) is 40.6 Å². The summed E-state index contributed by atoms with van der Waals surface area (Å²) in [5, 5.41) is 10.3. The van der Waals surface area contributed by atoms with Crippen molar-refractivity contribution in [2.45, 2.75) is 57.2 Å². The van der Waals surface area contributed by atoms with Gasteiger partial charge in [-0.3, -0.25) is 4.79 Å². The van der Waals surface area contributed by atoms with E-state index >= 15 is 0 Å². The van der Waals surface area contributed by atoms with Gasteiger partial charge in [0.2, 0.25) is 0 Å². The summed E-state index contributed by atoms with van der Waals surface area (Å²) in [5.74, 6) is -0.201. The quantitative estimate of drug-likeness (QED) is 0.330. The molecule has 1 aromatic heterocycles. The first-order valence-electron chi connectivity index (χ1n) is 11.2. The van der Waals surface area contributed by atoms with Gasteiger partial charge < -0.3 is 9.84 Å². The highest BCUT2D eigenvalue weighted by molar-refractivity contribution is 7.91. The van der Waals surface area contributed by atoms with Crippen LogP contribution in [0.1, 0.15) is 43.4 Å². The standard InChI is InChI=1S/C25H30ClNO5S2/c1-5-12-27(34(30,31)25-18(4)22-14-20(26)8-10-23(22)33-25)17(3)15-32-21-9-6-19(16(2)13-21)7-11-24(28)29/h6,8-10,13-14,17H,5,7,11-12,15H2,1-4H3,(H,28,29). The summed E-state index contributed by atoms with van der Waals surface area (Å²) in [6, 6.07) is 10.6. The Morgan fingerprint density at radius 3 is 2.59 bits per heavy atom. The zero-order valence-corrected chi connectivity index (χ0v) is 22.2. The number of carbonyl (C=O) groups is 1. The number of carboxylic acid groups (broad SMARTS) is 1. The van der Waals surface area contributed by atoms with Crippen LogP contribution in [0.2, 0.25) is 5.02 Å². The van der Waals surface area contributed by atoms with Gasteiger partial charge in [0, 0.05) is 22.7 Å². The van der Waals surface area contributed by atoms with E-state index in [0.717, 1.165) is 21.2 Å². The molecular weight excluding hydrogens is 494 g/mol. The minimum absolute atomic E-state index is 0.0747. The molecular formula is C25H30ClNO5S2. The van der Waals surface area contributed by atoms with Crippen LogP contribution < -0.4 is 4.74 Å². The number of benzene rings is 2. The van der Waals surface area contributed by atoms with Crippen molar-refractivity contribution in [2.24, 2.45) is 0 Å². The van der Waals surface area contributed by atoms with E-state index in [1.54, 1.807) is 18.2 Å². The van der Waals surface area contributed by atoms with E-state index in [0.29, 0.717) is 39.9 Å². The van der Waals surface area contributed by atoms with Crippen LogP contribution in [0.3, 0.4) is 0 Å². The summed E-state index contributed by atoms with van der Waals surface area (Å²) >= 11 is 7.40. The summed E-state index contributed by atoms with van der Waals surface area (Å²) < 4.78 is 36.0. The molecule has 184 valence electrons. The number of fused-ring (bicyclic) bond motifs is 1. The third kappa shape index (κ3) is 5.92. The predicted octanol–water partition coefficient (Wildman–Crippen LogP) is 6.06. The van der Waals surface area contributed by atoms with Crippen molar-refractivity contribution in [1.29, 1.82) is 0 Å². The monoisotopic (exact) mass is 523 g/mol. The van der Waals surface area contributed by atoms with E-state index in [9.17, 15) is 13.2 Å². The Morgan fingerprint density at radius 2 is 1.94 bits per heavy atom. The van der Waals surface area contributed by atoms with Crippen LogP contribution in [0, 0.1) is 13.8 Å².